The molecule has 0 aliphatic heterocycles. The van der Waals surface area contributed by atoms with E-state index in [1.54, 1.807) is 13.0 Å². The zero-order chi connectivity index (χ0) is 16.4. The monoisotopic (exact) mass is 371 g/mol. The number of fused-ring (bicyclic) bond motifs is 1. The summed E-state index contributed by atoms with van der Waals surface area (Å²) in [6.07, 6.45) is 1.05. The minimum atomic E-state index is -0.859. The molecule has 0 aliphatic rings. The predicted octanol–water partition coefficient (Wildman–Crippen LogP) is 4.42. The minimum Gasteiger partial charge on any atom is -0.452 e. The van der Waals surface area contributed by atoms with Crippen molar-refractivity contribution in [2.45, 2.75) is 13.0 Å². The molecule has 0 bridgehead atoms. The van der Waals surface area contributed by atoms with Crippen LogP contribution < -0.4 is 0 Å². The number of H-pyrrole nitrogens is 1. The second-order valence-electron chi connectivity index (χ2n) is 5.18. The Balaban J connectivity index is 1.82. The van der Waals surface area contributed by atoms with Crippen molar-refractivity contribution in [1.82, 2.24) is 4.98 Å². The third-order valence-corrected chi connectivity index (χ3v) is 4.12. The highest BCUT2D eigenvalue weighted by atomic mass is 79.9. The maximum Gasteiger partial charge on any atom is 0.380 e. The molecule has 1 N–H and O–H groups in total. The standard InChI is InChI=1S/C18H14BrNO3/c1-11(12-5-3-2-4-6-12)23-18(22)17(21)15-10-20-16-8-7-13(19)9-14(15)16/h2-11,20H,1H3. The Morgan fingerprint density at radius 1 is 1.13 bits per heavy atom. The second-order valence-corrected chi connectivity index (χ2v) is 6.10. The van der Waals surface area contributed by atoms with E-state index in [-0.39, 0.29) is 0 Å². The van der Waals surface area contributed by atoms with E-state index in [0.29, 0.717) is 10.9 Å². The molecule has 0 saturated heterocycles. The second kappa shape index (κ2) is 6.38. The maximum absolute atomic E-state index is 12.4. The smallest absolute Gasteiger partial charge is 0.380 e. The lowest BCUT2D eigenvalue weighted by atomic mass is 10.1. The van der Waals surface area contributed by atoms with Crippen LogP contribution in [-0.2, 0) is 9.53 Å². The number of carbonyl (C=O) groups is 2. The highest BCUT2D eigenvalue weighted by molar-refractivity contribution is 9.10. The summed E-state index contributed by atoms with van der Waals surface area (Å²) in [6.45, 7) is 1.74. The fourth-order valence-corrected chi connectivity index (χ4v) is 2.76. The van der Waals surface area contributed by atoms with Gasteiger partial charge in [-0.15, -0.1) is 0 Å². The van der Waals surface area contributed by atoms with Crippen LogP contribution in [0.5, 0.6) is 0 Å². The van der Waals surface area contributed by atoms with Crippen LogP contribution in [0.1, 0.15) is 28.9 Å². The van der Waals surface area contributed by atoms with Crippen LogP contribution in [0.15, 0.2) is 59.2 Å². The highest BCUT2D eigenvalue weighted by Crippen LogP contribution is 2.24. The van der Waals surface area contributed by atoms with Gasteiger partial charge < -0.3 is 9.72 Å². The fourth-order valence-electron chi connectivity index (χ4n) is 2.40. The Morgan fingerprint density at radius 3 is 2.61 bits per heavy atom. The van der Waals surface area contributed by atoms with Crippen LogP contribution in [0.3, 0.4) is 0 Å². The minimum absolute atomic E-state index is 0.312. The number of aromatic amines is 1. The molecule has 0 saturated carbocycles. The van der Waals surface area contributed by atoms with Crippen molar-refractivity contribution in [2.75, 3.05) is 0 Å². The lowest BCUT2D eigenvalue weighted by Gasteiger charge is -2.12. The zero-order valence-electron chi connectivity index (χ0n) is 12.4. The molecule has 1 aromatic heterocycles. The number of esters is 1. The molecule has 4 nitrogen and oxygen atoms in total. The van der Waals surface area contributed by atoms with Gasteiger partial charge in [-0.25, -0.2) is 4.79 Å². The first-order chi connectivity index (χ1) is 11.1. The summed E-state index contributed by atoms with van der Waals surface area (Å²) in [5.74, 6) is -1.51. The number of carbonyl (C=O) groups excluding carboxylic acids is 2. The number of rotatable bonds is 4. The van der Waals surface area contributed by atoms with Crippen LogP contribution in [-0.4, -0.2) is 16.7 Å². The number of hydrogen-bond acceptors (Lipinski definition) is 3. The van der Waals surface area contributed by atoms with E-state index in [1.807, 2.05) is 42.5 Å². The molecule has 0 fully saturated rings. The number of aromatic nitrogens is 1. The fraction of sp³-hybridized carbons (Fsp3) is 0.111. The topological polar surface area (TPSA) is 59.2 Å². The lowest BCUT2D eigenvalue weighted by Crippen LogP contribution is -2.19. The molecular formula is C18H14BrNO3. The molecule has 1 heterocycles. The van der Waals surface area contributed by atoms with Crippen LogP contribution in [0.2, 0.25) is 0 Å². The molecular weight excluding hydrogens is 358 g/mol. The van der Waals surface area contributed by atoms with Crippen molar-refractivity contribution in [3.8, 4) is 0 Å². The van der Waals surface area contributed by atoms with E-state index in [0.717, 1.165) is 15.6 Å². The number of hydrogen-bond donors (Lipinski definition) is 1. The van der Waals surface area contributed by atoms with Crippen molar-refractivity contribution < 1.29 is 14.3 Å². The number of ether oxygens (including phenoxy) is 1. The van der Waals surface area contributed by atoms with Gasteiger partial charge >= 0.3 is 5.97 Å². The number of ketones is 1. The summed E-state index contributed by atoms with van der Waals surface area (Å²) < 4.78 is 6.12. The Morgan fingerprint density at radius 2 is 1.87 bits per heavy atom. The molecule has 0 spiro atoms. The number of benzene rings is 2. The maximum atomic E-state index is 12.4. The van der Waals surface area contributed by atoms with E-state index >= 15 is 0 Å². The van der Waals surface area contributed by atoms with Gasteiger partial charge in [-0.1, -0.05) is 46.3 Å². The van der Waals surface area contributed by atoms with Crippen molar-refractivity contribution in [1.29, 1.82) is 0 Å². The van der Waals surface area contributed by atoms with Crippen LogP contribution in [0.25, 0.3) is 10.9 Å². The van der Waals surface area contributed by atoms with Gasteiger partial charge in [0.25, 0.3) is 5.78 Å². The van der Waals surface area contributed by atoms with Crippen LogP contribution in [0.4, 0.5) is 0 Å². The lowest BCUT2D eigenvalue weighted by molar-refractivity contribution is -0.142. The van der Waals surface area contributed by atoms with E-state index < -0.39 is 17.9 Å². The molecule has 0 aliphatic carbocycles. The van der Waals surface area contributed by atoms with Crippen molar-refractivity contribution in [2.24, 2.45) is 0 Å². The summed E-state index contributed by atoms with van der Waals surface area (Å²) in [7, 11) is 0. The average Bonchev–Trinajstić information content (AvgIpc) is 2.97. The molecule has 0 amide bonds. The predicted molar refractivity (Wildman–Crippen MR) is 91.3 cm³/mol. The molecule has 2 aromatic carbocycles. The number of halogens is 1. The first-order valence-corrected chi connectivity index (χ1v) is 7.92. The third-order valence-electron chi connectivity index (χ3n) is 3.63. The van der Waals surface area contributed by atoms with Gasteiger partial charge in [0.1, 0.15) is 6.10 Å². The molecule has 1 atom stereocenters. The first kappa shape index (κ1) is 15.5. The molecule has 0 radical (unpaired) electrons. The van der Waals surface area contributed by atoms with E-state index in [2.05, 4.69) is 20.9 Å². The quantitative estimate of drug-likeness (QED) is 0.419. The SMILES string of the molecule is CC(OC(=O)C(=O)c1c[nH]c2ccc(Br)cc12)c1ccccc1. The molecule has 1 unspecified atom stereocenters. The average molecular weight is 372 g/mol. The van der Waals surface area contributed by atoms with Gasteiger partial charge in [-0.3, -0.25) is 4.79 Å². The Bertz CT molecular complexity index is 870. The van der Waals surface area contributed by atoms with E-state index in [4.69, 9.17) is 4.74 Å². The number of Topliss-reactive ketones (excluding diaryl/α,β-unsaturated/α-hetero) is 1. The van der Waals surface area contributed by atoms with Crippen molar-refractivity contribution in [3.05, 3.63) is 70.3 Å². The largest absolute Gasteiger partial charge is 0.452 e. The molecule has 116 valence electrons. The first-order valence-electron chi connectivity index (χ1n) is 7.13. The summed E-state index contributed by atoms with van der Waals surface area (Å²) in [5, 5.41) is 0.689. The van der Waals surface area contributed by atoms with Gasteiger partial charge in [-0.05, 0) is 30.7 Å². The summed E-state index contributed by atoms with van der Waals surface area (Å²) in [5.41, 5.74) is 1.95. The Hall–Kier alpha value is -2.40. The summed E-state index contributed by atoms with van der Waals surface area (Å²) in [6, 6.07) is 14.8. The van der Waals surface area contributed by atoms with Crippen molar-refractivity contribution >= 4 is 38.6 Å². The Labute approximate surface area is 141 Å². The zero-order valence-corrected chi connectivity index (χ0v) is 14.0. The van der Waals surface area contributed by atoms with Gasteiger partial charge in [0.2, 0.25) is 0 Å². The molecule has 5 heteroatoms. The van der Waals surface area contributed by atoms with Gasteiger partial charge in [0.05, 0.1) is 5.56 Å². The summed E-state index contributed by atoms with van der Waals surface area (Å²) >= 11 is 3.37. The summed E-state index contributed by atoms with van der Waals surface area (Å²) in [4.78, 5) is 27.5. The van der Waals surface area contributed by atoms with Crippen LogP contribution >= 0.6 is 15.9 Å². The normalized spacial score (nSPS) is 12.1. The molecule has 23 heavy (non-hydrogen) atoms. The highest BCUT2D eigenvalue weighted by Gasteiger charge is 2.23. The van der Waals surface area contributed by atoms with E-state index in [1.165, 1.54) is 6.20 Å². The van der Waals surface area contributed by atoms with Gasteiger partial charge in [0, 0.05) is 21.6 Å². The third kappa shape index (κ3) is 3.19. The van der Waals surface area contributed by atoms with Gasteiger partial charge in [0.15, 0.2) is 0 Å². The molecule has 3 rings (SSSR count). The molecule has 3 aromatic rings. The van der Waals surface area contributed by atoms with Crippen LogP contribution in [0, 0.1) is 0 Å². The van der Waals surface area contributed by atoms with E-state index in [9.17, 15) is 9.59 Å². The Kier molecular flexibility index (Phi) is 4.30. The van der Waals surface area contributed by atoms with Crippen molar-refractivity contribution in [3.63, 3.8) is 0 Å². The number of nitrogens with one attached hydrogen (secondary N) is 1. The van der Waals surface area contributed by atoms with Gasteiger partial charge in [-0.2, -0.15) is 0 Å².